The molecular formula is C21H13ClF4N6O2. The molecule has 34 heavy (non-hydrogen) atoms. The molecule has 0 aliphatic heterocycles. The normalized spacial score (nSPS) is 11.3. The zero-order valence-corrected chi connectivity index (χ0v) is 17.6. The molecule has 0 aliphatic carbocycles. The molecule has 0 fully saturated rings. The van der Waals surface area contributed by atoms with Crippen LogP contribution in [0.15, 0.2) is 61.1 Å². The molecule has 0 atom stereocenters. The van der Waals surface area contributed by atoms with Gasteiger partial charge in [0, 0.05) is 30.2 Å². The Hall–Kier alpha value is -4.19. The smallest absolute Gasteiger partial charge is 0.434 e. The van der Waals surface area contributed by atoms with Crippen molar-refractivity contribution in [1.29, 1.82) is 0 Å². The van der Waals surface area contributed by atoms with E-state index in [4.69, 9.17) is 22.1 Å². The van der Waals surface area contributed by atoms with Gasteiger partial charge in [-0.25, -0.2) is 19.0 Å². The number of anilines is 2. The predicted molar refractivity (Wildman–Crippen MR) is 114 cm³/mol. The lowest BCUT2D eigenvalue weighted by molar-refractivity contribution is -0.143. The lowest BCUT2D eigenvalue weighted by atomic mass is 10.2. The molecule has 0 radical (unpaired) electrons. The van der Waals surface area contributed by atoms with Crippen LogP contribution in [0, 0.1) is 5.82 Å². The summed E-state index contributed by atoms with van der Waals surface area (Å²) in [5.41, 5.74) is 3.37. The first-order chi connectivity index (χ1) is 16.1. The Balaban J connectivity index is 1.59. The van der Waals surface area contributed by atoms with E-state index in [0.29, 0.717) is 4.68 Å². The Kier molecular flexibility index (Phi) is 6.07. The number of carbonyl (C=O) groups is 1. The van der Waals surface area contributed by atoms with Gasteiger partial charge >= 0.3 is 6.18 Å². The maximum atomic E-state index is 14.5. The number of benzene rings is 1. The van der Waals surface area contributed by atoms with Gasteiger partial charge in [0.05, 0.1) is 11.8 Å². The average molecular weight is 493 g/mol. The van der Waals surface area contributed by atoms with Crippen LogP contribution in [-0.2, 0) is 6.18 Å². The number of ether oxygens (including phenoxy) is 1. The Morgan fingerprint density at radius 1 is 1.09 bits per heavy atom. The van der Waals surface area contributed by atoms with E-state index in [1.807, 2.05) is 0 Å². The van der Waals surface area contributed by atoms with Crippen molar-refractivity contribution in [3.05, 3.63) is 83.2 Å². The van der Waals surface area contributed by atoms with Gasteiger partial charge in [0.2, 0.25) is 0 Å². The number of nitrogens with one attached hydrogen (secondary N) is 1. The van der Waals surface area contributed by atoms with Gasteiger partial charge in [-0.1, -0.05) is 17.7 Å². The Morgan fingerprint density at radius 3 is 2.56 bits per heavy atom. The Labute approximate surface area is 194 Å². The molecule has 4 aromatic rings. The number of hydrogen-bond acceptors (Lipinski definition) is 6. The number of nitrogens with zero attached hydrogens (tertiary/aromatic N) is 4. The van der Waals surface area contributed by atoms with Gasteiger partial charge in [-0.2, -0.15) is 18.3 Å². The van der Waals surface area contributed by atoms with Crippen LogP contribution in [0.2, 0.25) is 5.02 Å². The fourth-order valence-corrected chi connectivity index (χ4v) is 3.09. The summed E-state index contributed by atoms with van der Waals surface area (Å²) in [5.74, 6) is -2.42. The molecule has 174 valence electrons. The first kappa shape index (κ1) is 23.0. The summed E-state index contributed by atoms with van der Waals surface area (Å²) >= 11 is 5.97. The van der Waals surface area contributed by atoms with E-state index in [9.17, 15) is 22.4 Å². The van der Waals surface area contributed by atoms with E-state index in [1.54, 1.807) is 0 Å². The highest BCUT2D eigenvalue weighted by molar-refractivity contribution is 6.34. The van der Waals surface area contributed by atoms with Crippen LogP contribution in [0.3, 0.4) is 0 Å². The number of nitrogens with two attached hydrogens (primary N) is 1. The molecule has 0 saturated carbocycles. The average Bonchev–Trinajstić information content (AvgIpc) is 3.25. The largest absolute Gasteiger partial charge is 0.453 e. The Morgan fingerprint density at radius 2 is 1.88 bits per heavy atom. The second-order valence-electron chi connectivity index (χ2n) is 6.71. The van der Waals surface area contributed by atoms with Crippen molar-refractivity contribution in [3.8, 4) is 17.3 Å². The Bertz CT molecular complexity index is 1360. The maximum Gasteiger partial charge on any atom is 0.434 e. The van der Waals surface area contributed by atoms with Gasteiger partial charge < -0.3 is 15.8 Å². The summed E-state index contributed by atoms with van der Waals surface area (Å²) in [6, 6.07) is 8.96. The van der Waals surface area contributed by atoms with Gasteiger partial charge in [-0.3, -0.25) is 4.79 Å². The third-order valence-electron chi connectivity index (χ3n) is 4.44. The van der Waals surface area contributed by atoms with E-state index in [-0.39, 0.29) is 33.8 Å². The minimum Gasteiger partial charge on any atom is -0.453 e. The van der Waals surface area contributed by atoms with E-state index in [0.717, 1.165) is 12.3 Å². The van der Waals surface area contributed by atoms with Crippen molar-refractivity contribution in [1.82, 2.24) is 19.7 Å². The summed E-state index contributed by atoms with van der Waals surface area (Å²) in [5, 5.41) is 5.86. The van der Waals surface area contributed by atoms with Crippen molar-refractivity contribution >= 4 is 29.0 Å². The summed E-state index contributed by atoms with van der Waals surface area (Å²) in [6.07, 6.45) is -1.56. The zero-order chi connectivity index (χ0) is 24.5. The van der Waals surface area contributed by atoms with Gasteiger partial charge in [0.15, 0.2) is 28.8 Å². The van der Waals surface area contributed by atoms with Crippen LogP contribution >= 0.6 is 11.6 Å². The summed E-state index contributed by atoms with van der Waals surface area (Å²) in [6.45, 7) is 0. The second-order valence-corrected chi connectivity index (χ2v) is 7.09. The molecular weight excluding hydrogens is 480 g/mol. The van der Waals surface area contributed by atoms with Crippen molar-refractivity contribution < 1.29 is 27.1 Å². The van der Waals surface area contributed by atoms with Crippen LogP contribution in [0.25, 0.3) is 5.82 Å². The number of carbonyl (C=O) groups excluding carboxylic acids is 1. The number of pyridine rings is 2. The van der Waals surface area contributed by atoms with E-state index in [2.05, 4.69) is 20.4 Å². The van der Waals surface area contributed by atoms with Crippen molar-refractivity contribution in [2.75, 3.05) is 11.1 Å². The minimum atomic E-state index is -4.92. The molecule has 4 rings (SSSR count). The molecule has 0 unspecified atom stereocenters. The fourth-order valence-electron chi connectivity index (χ4n) is 2.94. The number of aromatic nitrogens is 4. The van der Waals surface area contributed by atoms with Crippen LogP contribution in [-0.4, -0.2) is 25.7 Å². The number of halogens is 5. The van der Waals surface area contributed by atoms with Crippen LogP contribution in [0.1, 0.15) is 16.1 Å². The fraction of sp³-hybridized carbons (Fsp3) is 0.0476. The molecule has 3 N–H and O–H groups in total. The lowest BCUT2D eigenvalue weighted by Gasteiger charge is -2.13. The minimum absolute atomic E-state index is 0.0184. The third kappa shape index (κ3) is 4.62. The number of alkyl halides is 3. The molecule has 3 aromatic heterocycles. The van der Waals surface area contributed by atoms with Gasteiger partial charge in [-0.05, 0) is 24.3 Å². The number of hydrogen-bond donors (Lipinski definition) is 2. The van der Waals surface area contributed by atoms with E-state index < -0.39 is 29.2 Å². The van der Waals surface area contributed by atoms with E-state index >= 15 is 0 Å². The van der Waals surface area contributed by atoms with Crippen LogP contribution in [0.4, 0.5) is 29.1 Å². The summed E-state index contributed by atoms with van der Waals surface area (Å²) in [4.78, 5) is 20.2. The molecule has 1 aromatic carbocycles. The zero-order valence-electron chi connectivity index (χ0n) is 16.8. The maximum absolute atomic E-state index is 14.5. The lowest BCUT2D eigenvalue weighted by Crippen LogP contribution is -2.21. The van der Waals surface area contributed by atoms with Crippen molar-refractivity contribution in [2.24, 2.45) is 0 Å². The monoisotopic (exact) mass is 492 g/mol. The van der Waals surface area contributed by atoms with Gasteiger partial charge in [0.25, 0.3) is 5.91 Å². The number of amides is 1. The predicted octanol–water partition coefficient (Wildman–Crippen LogP) is 5.10. The molecule has 0 bridgehead atoms. The summed E-state index contributed by atoms with van der Waals surface area (Å²) < 4.78 is 61.7. The van der Waals surface area contributed by atoms with Gasteiger partial charge in [0.1, 0.15) is 10.8 Å². The third-order valence-corrected chi connectivity index (χ3v) is 4.82. The highest BCUT2D eigenvalue weighted by Crippen LogP contribution is 2.35. The van der Waals surface area contributed by atoms with Crippen molar-refractivity contribution in [2.45, 2.75) is 6.18 Å². The molecule has 0 spiro atoms. The summed E-state index contributed by atoms with van der Waals surface area (Å²) in [7, 11) is 0. The molecule has 0 aliphatic rings. The molecule has 8 nitrogen and oxygen atoms in total. The molecule has 3 heterocycles. The molecule has 0 saturated heterocycles. The first-order valence-corrected chi connectivity index (χ1v) is 9.78. The van der Waals surface area contributed by atoms with Gasteiger partial charge in [-0.15, -0.1) is 0 Å². The molecule has 1 amide bonds. The van der Waals surface area contributed by atoms with Crippen LogP contribution < -0.4 is 15.8 Å². The first-order valence-electron chi connectivity index (χ1n) is 9.40. The van der Waals surface area contributed by atoms with E-state index in [1.165, 1.54) is 48.8 Å². The standard InChI is InChI=1S/C21H13ClF4N6O2/c22-17-15(6-8-29-19(17)27)34-14-5-4-11(9-13(14)23)31-20(33)12-10-30-32(18(12)21(24,25)26)16-3-1-2-7-28-16/h1-10H,(H2,27,29)(H,31,33). The highest BCUT2D eigenvalue weighted by Gasteiger charge is 2.41. The highest BCUT2D eigenvalue weighted by atomic mass is 35.5. The second kappa shape index (κ2) is 8.98. The number of nitrogen functional groups attached to an aromatic ring is 1. The molecule has 13 heteroatoms. The SMILES string of the molecule is Nc1nccc(Oc2ccc(NC(=O)c3cnn(-c4ccccn4)c3C(F)(F)F)cc2F)c1Cl. The van der Waals surface area contributed by atoms with Crippen molar-refractivity contribution in [3.63, 3.8) is 0 Å². The number of rotatable bonds is 5. The quantitative estimate of drug-likeness (QED) is 0.375. The topological polar surface area (TPSA) is 108 Å². The van der Waals surface area contributed by atoms with Crippen LogP contribution in [0.5, 0.6) is 11.5 Å².